The summed E-state index contributed by atoms with van der Waals surface area (Å²) in [6, 6.07) is 4.74. The molecule has 0 aromatic heterocycles. The van der Waals surface area contributed by atoms with Crippen LogP contribution in [0.15, 0.2) is 24.3 Å². The molecule has 2 rings (SSSR count). The lowest BCUT2D eigenvalue weighted by atomic mass is 9.87. The number of urea groups is 1. The number of carbonyl (C=O) groups excluding carboxylic acids is 3. The standard InChI is InChI=1S/C19H26FN3O5/c1-4-19(14-5-7-15(20)8-6-14)17(25)23(18(26)21-19)13-16(24)22(9-11-27-2)10-12-28-3/h5-8H,4,9-13H2,1-3H3,(H,21,26)/t19-/m1/s1. The fraction of sp³-hybridized carbons (Fsp3) is 0.526. The molecule has 0 aliphatic carbocycles. The Bertz CT molecular complexity index is 704. The molecular formula is C19H26FN3O5. The lowest BCUT2D eigenvalue weighted by molar-refractivity contribution is -0.140. The van der Waals surface area contributed by atoms with E-state index in [2.05, 4.69) is 5.32 Å². The van der Waals surface area contributed by atoms with Crippen molar-refractivity contribution in [2.24, 2.45) is 0 Å². The van der Waals surface area contributed by atoms with Crippen molar-refractivity contribution in [1.82, 2.24) is 15.1 Å². The van der Waals surface area contributed by atoms with Crippen molar-refractivity contribution in [3.8, 4) is 0 Å². The third-order valence-corrected chi connectivity index (χ3v) is 4.82. The number of nitrogens with zero attached hydrogens (tertiary/aromatic N) is 2. The maximum Gasteiger partial charge on any atom is 0.325 e. The topological polar surface area (TPSA) is 88.2 Å². The van der Waals surface area contributed by atoms with Crippen LogP contribution in [0.2, 0.25) is 0 Å². The molecule has 154 valence electrons. The number of carbonyl (C=O) groups is 3. The summed E-state index contributed by atoms with van der Waals surface area (Å²) in [6.07, 6.45) is 0.269. The molecule has 1 fully saturated rings. The number of rotatable bonds is 10. The predicted molar refractivity (Wildman–Crippen MR) is 98.9 cm³/mol. The monoisotopic (exact) mass is 395 g/mol. The maximum absolute atomic E-state index is 13.3. The SMILES string of the molecule is CC[C@]1(c2ccc(F)cc2)NC(=O)N(CC(=O)N(CCOC)CCOC)C1=O. The fourth-order valence-corrected chi connectivity index (χ4v) is 3.14. The van der Waals surface area contributed by atoms with Crippen molar-refractivity contribution in [1.29, 1.82) is 0 Å². The van der Waals surface area contributed by atoms with Crippen LogP contribution in [0, 0.1) is 5.82 Å². The predicted octanol–water partition coefficient (Wildman–Crippen LogP) is 1.10. The average Bonchev–Trinajstić information content (AvgIpc) is 2.93. The number of ether oxygens (including phenoxy) is 2. The Labute approximate surface area is 163 Å². The fourth-order valence-electron chi connectivity index (χ4n) is 3.14. The largest absolute Gasteiger partial charge is 0.383 e. The third kappa shape index (κ3) is 4.48. The number of benzene rings is 1. The Morgan fingerprint density at radius 3 is 2.21 bits per heavy atom. The zero-order valence-electron chi connectivity index (χ0n) is 16.4. The van der Waals surface area contributed by atoms with Crippen LogP contribution in [-0.4, -0.2) is 74.7 Å². The van der Waals surface area contributed by atoms with E-state index in [-0.39, 0.29) is 18.9 Å². The zero-order valence-corrected chi connectivity index (χ0v) is 16.4. The average molecular weight is 395 g/mol. The molecule has 1 heterocycles. The van der Waals surface area contributed by atoms with Crippen LogP contribution in [0.25, 0.3) is 0 Å². The van der Waals surface area contributed by atoms with E-state index < -0.39 is 23.3 Å². The van der Waals surface area contributed by atoms with Crippen LogP contribution >= 0.6 is 0 Å². The van der Waals surface area contributed by atoms with E-state index in [0.717, 1.165) is 4.90 Å². The highest BCUT2D eigenvalue weighted by Crippen LogP contribution is 2.32. The molecule has 1 atom stereocenters. The molecule has 9 heteroatoms. The zero-order chi connectivity index (χ0) is 20.7. The molecule has 1 N–H and O–H groups in total. The summed E-state index contributed by atoms with van der Waals surface area (Å²) < 4.78 is 23.3. The van der Waals surface area contributed by atoms with Crippen molar-refractivity contribution in [2.75, 3.05) is 47.1 Å². The van der Waals surface area contributed by atoms with Gasteiger partial charge in [-0.2, -0.15) is 0 Å². The summed E-state index contributed by atoms with van der Waals surface area (Å²) in [5.74, 6) is -1.35. The van der Waals surface area contributed by atoms with Gasteiger partial charge in [0.15, 0.2) is 0 Å². The molecule has 28 heavy (non-hydrogen) atoms. The number of hydrogen-bond donors (Lipinski definition) is 1. The van der Waals surface area contributed by atoms with Gasteiger partial charge in [-0.05, 0) is 24.1 Å². The van der Waals surface area contributed by atoms with Gasteiger partial charge in [-0.1, -0.05) is 19.1 Å². The molecule has 0 radical (unpaired) electrons. The van der Waals surface area contributed by atoms with Gasteiger partial charge < -0.3 is 19.7 Å². The van der Waals surface area contributed by atoms with E-state index in [1.54, 1.807) is 6.92 Å². The number of hydrogen-bond acceptors (Lipinski definition) is 5. The summed E-state index contributed by atoms with van der Waals surface area (Å²) in [4.78, 5) is 40.6. The Balaban J connectivity index is 2.19. The van der Waals surface area contributed by atoms with Crippen molar-refractivity contribution >= 4 is 17.8 Å². The Hall–Kier alpha value is -2.52. The van der Waals surface area contributed by atoms with Crippen LogP contribution in [0.5, 0.6) is 0 Å². The second-order valence-electron chi connectivity index (χ2n) is 6.45. The lowest BCUT2D eigenvalue weighted by Gasteiger charge is -2.27. The summed E-state index contributed by atoms with van der Waals surface area (Å²) in [6.45, 7) is 2.64. The van der Waals surface area contributed by atoms with Gasteiger partial charge in [-0.15, -0.1) is 0 Å². The van der Waals surface area contributed by atoms with Gasteiger partial charge in [-0.25, -0.2) is 9.18 Å². The Kier molecular flexibility index (Phi) is 7.47. The number of imide groups is 1. The minimum atomic E-state index is -1.31. The van der Waals surface area contributed by atoms with Crippen LogP contribution in [0.4, 0.5) is 9.18 Å². The number of halogens is 1. The first-order valence-corrected chi connectivity index (χ1v) is 9.05. The van der Waals surface area contributed by atoms with Crippen molar-refractivity contribution in [2.45, 2.75) is 18.9 Å². The second kappa shape index (κ2) is 9.61. The molecule has 4 amide bonds. The molecule has 0 spiro atoms. The van der Waals surface area contributed by atoms with E-state index in [0.29, 0.717) is 31.9 Å². The first-order chi connectivity index (χ1) is 13.4. The third-order valence-electron chi connectivity index (χ3n) is 4.82. The van der Waals surface area contributed by atoms with E-state index in [1.165, 1.54) is 43.4 Å². The molecule has 1 aromatic carbocycles. The molecule has 1 saturated heterocycles. The minimum Gasteiger partial charge on any atom is -0.383 e. The van der Waals surface area contributed by atoms with Gasteiger partial charge in [0.2, 0.25) is 5.91 Å². The normalized spacial score (nSPS) is 19.1. The van der Waals surface area contributed by atoms with E-state index in [9.17, 15) is 18.8 Å². The van der Waals surface area contributed by atoms with Gasteiger partial charge >= 0.3 is 6.03 Å². The van der Waals surface area contributed by atoms with E-state index >= 15 is 0 Å². The number of methoxy groups -OCH3 is 2. The summed E-state index contributed by atoms with van der Waals surface area (Å²) in [5.41, 5.74) is -0.838. The molecule has 1 aliphatic rings. The Morgan fingerprint density at radius 2 is 1.71 bits per heavy atom. The van der Waals surface area contributed by atoms with Crippen LogP contribution in [0.3, 0.4) is 0 Å². The van der Waals surface area contributed by atoms with Gasteiger partial charge in [0.1, 0.15) is 17.9 Å². The highest BCUT2D eigenvalue weighted by Gasteiger charge is 2.51. The van der Waals surface area contributed by atoms with Crippen LogP contribution in [-0.2, 0) is 24.6 Å². The first-order valence-electron chi connectivity index (χ1n) is 9.05. The van der Waals surface area contributed by atoms with E-state index in [4.69, 9.17) is 9.47 Å². The molecule has 0 unspecified atom stereocenters. The highest BCUT2D eigenvalue weighted by atomic mass is 19.1. The number of amides is 4. The molecule has 1 aromatic rings. The van der Waals surface area contributed by atoms with Crippen LogP contribution < -0.4 is 5.32 Å². The number of nitrogens with one attached hydrogen (secondary N) is 1. The highest BCUT2D eigenvalue weighted by molar-refractivity contribution is 6.09. The van der Waals surface area contributed by atoms with Crippen molar-refractivity contribution in [3.05, 3.63) is 35.6 Å². The first kappa shape index (κ1) is 21.8. The quantitative estimate of drug-likeness (QED) is 0.600. The smallest absolute Gasteiger partial charge is 0.325 e. The van der Waals surface area contributed by atoms with Gasteiger partial charge in [0, 0.05) is 27.3 Å². The molecule has 1 aliphatic heterocycles. The summed E-state index contributed by atoms with van der Waals surface area (Å²) >= 11 is 0. The second-order valence-corrected chi connectivity index (χ2v) is 6.45. The van der Waals surface area contributed by atoms with Crippen LogP contribution in [0.1, 0.15) is 18.9 Å². The molecule has 0 bridgehead atoms. The molecular weight excluding hydrogens is 369 g/mol. The maximum atomic E-state index is 13.3. The van der Waals surface area contributed by atoms with Gasteiger partial charge in [-0.3, -0.25) is 14.5 Å². The summed E-state index contributed by atoms with van der Waals surface area (Å²) in [7, 11) is 3.05. The van der Waals surface area contributed by atoms with E-state index in [1.807, 2.05) is 0 Å². The van der Waals surface area contributed by atoms with Crippen molar-refractivity contribution in [3.63, 3.8) is 0 Å². The van der Waals surface area contributed by atoms with Gasteiger partial charge in [0.05, 0.1) is 13.2 Å². The molecule has 0 saturated carbocycles. The van der Waals surface area contributed by atoms with Crippen molar-refractivity contribution < 1.29 is 28.2 Å². The minimum absolute atomic E-state index is 0.269. The van der Waals surface area contributed by atoms with Gasteiger partial charge in [0.25, 0.3) is 5.91 Å². The summed E-state index contributed by atoms with van der Waals surface area (Å²) in [5, 5.41) is 2.68. The molecule has 8 nitrogen and oxygen atoms in total. The lowest BCUT2D eigenvalue weighted by Crippen LogP contribution is -2.46. The Morgan fingerprint density at radius 1 is 1.14 bits per heavy atom.